The van der Waals surface area contributed by atoms with E-state index in [1.165, 1.54) is 4.90 Å². The third-order valence-electron chi connectivity index (χ3n) is 2.65. The van der Waals surface area contributed by atoms with Gasteiger partial charge in [0.2, 0.25) is 5.91 Å². The molecule has 1 aromatic rings. The maximum absolute atomic E-state index is 11.6. The van der Waals surface area contributed by atoms with E-state index in [2.05, 4.69) is 0 Å². The number of carbonyl (C=O) groups excluding carboxylic acids is 2. The summed E-state index contributed by atoms with van der Waals surface area (Å²) in [6, 6.07) is 9.43. The van der Waals surface area contributed by atoms with Crippen LogP contribution in [0.5, 0.6) is 0 Å². The number of nitrogens with zero attached hydrogens (tertiary/aromatic N) is 1. The molecule has 5 nitrogen and oxygen atoms in total. The summed E-state index contributed by atoms with van der Waals surface area (Å²) in [7, 11) is 0. The van der Waals surface area contributed by atoms with Crippen molar-refractivity contribution in [2.45, 2.75) is 6.61 Å². The second-order valence-electron chi connectivity index (χ2n) is 4.01. The van der Waals surface area contributed by atoms with Gasteiger partial charge in [0.25, 0.3) is 0 Å². The Hall–Kier alpha value is -1.88. The number of esters is 1. The van der Waals surface area contributed by atoms with Gasteiger partial charge in [-0.15, -0.1) is 0 Å². The number of amides is 1. The van der Waals surface area contributed by atoms with Crippen LogP contribution in [-0.2, 0) is 25.7 Å². The van der Waals surface area contributed by atoms with Gasteiger partial charge in [-0.3, -0.25) is 9.59 Å². The Morgan fingerprint density at radius 3 is 2.83 bits per heavy atom. The van der Waals surface area contributed by atoms with E-state index >= 15 is 0 Å². The van der Waals surface area contributed by atoms with Crippen LogP contribution >= 0.6 is 0 Å². The average molecular weight is 249 g/mol. The molecule has 0 saturated carbocycles. The highest BCUT2D eigenvalue weighted by molar-refractivity contribution is 5.83. The summed E-state index contributed by atoms with van der Waals surface area (Å²) in [4.78, 5) is 24.4. The van der Waals surface area contributed by atoms with Crippen LogP contribution in [-0.4, -0.2) is 43.1 Å². The third-order valence-corrected chi connectivity index (χ3v) is 2.65. The summed E-state index contributed by atoms with van der Waals surface area (Å²) in [5, 5.41) is 0. The molecule has 1 aromatic carbocycles. The number of rotatable bonds is 4. The summed E-state index contributed by atoms with van der Waals surface area (Å²) >= 11 is 0. The van der Waals surface area contributed by atoms with E-state index in [-0.39, 0.29) is 25.7 Å². The van der Waals surface area contributed by atoms with Gasteiger partial charge in [-0.25, -0.2) is 0 Å². The largest absolute Gasteiger partial charge is 0.459 e. The topological polar surface area (TPSA) is 55.8 Å². The van der Waals surface area contributed by atoms with Crippen molar-refractivity contribution in [1.29, 1.82) is 0 Å². The lowest BCUT2D eigenvalue weighted by Gasteiger charge is -2.25. The predicted molar refractivity (Wildman–Crippen MR) is 63.6 cm³/mol. The number of morpholine rings is 1. The first kappa shape index (κ1) is 12.6. The molecule has 1 amide bonds. The fourth-order valence-electron chi connectivity index (χ4n) is 1.66. The molecule has 1 aliphatic heterocycles. The number of ether oxygens (including phenoxy) is 2. The standard InChI is InChI=1S/C13H15NO4/c15-12-10-17-7-6-14(12)8-13(16)18-9-11-4-2-1-3-5-11/h1-5H,6-10H2. The molecular formula is C13H15NO4. The molecule has 96 valence electrons. The van der Waals surface area contributed by atoms with Crippen LogP contribution in [0.15, 0.2) is 30.3 Å². The fourth-order valence-corrected chi connectivity index (χ4v) is 1.66. The maximum Gasteiger partial charge on any atom is 0.325 e. The number of hydrogen-bond donors (Lipinski definition) is 0. The van der Waals surface area contributed by atoms with Crippen LogP contribution in [0.4, 0.5) is 0 Å². The van der Waals surface area contributed by atoms with Gasteiger partial charge in [-0.2, -0.15) is 0 Å². The molecule has 0 spiro atoms. The molecule has 0 N–H and O–H groups in total. The minimum absolute atomic E-state index is 0.00493. The summed E-state index contributed by atoms with van der Waals surface area (Å²) in [6.07, 6.45) is 0. The first-order valence-electron chi connectivity index (χ1n) is 5.81. The van der Waals surface area contributed by atoms with Crippen molar-refractivity contribution in [3.05, 3.63) is 35.9 Å². The van der Waals surface area contributed by atoms with Gasteiger partial charge in [0, 0.05) is 6.54 Å². The van der Waals surface area contributed by atoms with E-state index in [9.17, 15) is 9.59 Å². The Balaban J connectivity index is 1.76. The Labute approximate surface area is 105 Å². The normalized spacial score (nSPS) is 15.6. The molecule has 2 rings (SSSR count). The summed E-state index contributed by atoms with van der Waals surface area (Å²) in [5.41, 5.74) is 0.930. The number of benzene rings is 1. The Kier molecular flexibility index (Phi) is 4.30. The van der Waals surface area contributed by atoms with Gasteiger partial charge >= 0.3 is 5.97 Å². The molecular weight excluding hydrogens is 234 g/mol. The molecule has 5 heteroatoms. The lowest BCUT2D eigenvalue weighted by atomic mass is 10.2. The van der Waals surface area contributed by atoms with Crippen LogP contribution in [0.2, 0.25) is 0 Å². The quantitative estimate of drug-likeness (QED) is 0.733. The zero-order valence-electron chi connectivity index (χ0n) is 10.0. The first-order valence-corrected chi connectivity index (χ1v) is 5.81. The van der Waals surface area contributed by atoms with Gasteiger partial charge in [0.15, 0.2) is 0 Å². The molecule has 1 fully saturated rings. The van der Waals surface area contributed by atoms with Crippen LogP contribution in [0.1, 0.15) is 5.56 Å². The fraction of sp³-hybridized carbons (Fsp3) is 0.385. The molecule has 0 bridgehead atoms. The van der Waals surface area contributed by atoms with E-state index in [1.807, 2.05) is 30.3 Å². The van der Waals surface area contributed by atoms with Crippen molar-refractivity contribution >= 4 is 11.9 Å². The maximum atomic E-state index is 11.6. The Morgan fingerprint density at radius 2 is 2.11 bits per heavy atom. The zero-order chi connectivity index (χ0) is 12.8. The van der Waals surface area contributed by atoms with Gasteiger partial charge in [-0.1, -0.05) is 30.3 Å². The van der Waals surface area contributed by atoms with Crippen molar-refractivity contribution in [3.8, 4) is 0 Å². The molecule has 1 heterocycles. The lowest BCUT2D eigenvalue weighted by molar-refractivity contribution is -0.155. The van der Waals surface area contributed by atoms with Gasteiger partial charge in [-0.05, 0) is 5.56 Å². The zero-order valence-corrected chi connectivity index (χ0v) is 10.0. The van der Waals surface area contributed by atoms with Gasteiger partial charge in [0.1, 0.15) is 19.8 Å². The van der Waals surface area contributed by atoms with Gasteiger partial charge in [0.05, 0.1) is 6.61 Å². The highest BCUT2D eigenvalue weighted by Crippen LogP contribution is 2.03. The predicted octanol–water partition coefficient (Wildman–Crippen LogP) is 0.589. The lowest BCUT2D eigenvalue weighted by Crippen LogP contribution is -2.44. The molecule has 0 aromatic heterocycles. The smallest absolute Gasteiger partial charge is 0.325 e. The van der Waals surface area contributed by atoms with Crippen molar-refractivity contribution in [1.82, 2.24) is 4.90 Å². The van der Waals surface area contributed by atoms with Gasteiger partial charge < -0.3 is 14.4 Å². The number of carbonyl (C=O) groups is 2. The molecule has 0 radical (unpaired) electrons. The summed E-state index contributed by atoms with van der Waals surface area (Å²) in [5.74, 6) is -0.563. The molecule has 18 heavy (non-hydrogen) atoms. The Bertz CT molecular complexity index is 418. The van der Waals surface area contributed by atoms with Crippen LogP contribution in [0.25, 0.3) is 0 Å². The second kappa shape index (κ2) is 6.16. The van der Waals surface area contributed by atoms with Crippen molar-refractivity contribution in [2.75, 3.05) is 26.3 Å². The molecule has 0 atom stereocenters. The molecule has 0 aliphatic carbocycles. The van der Waals surface area contributed by atoms with E-state index in [1.54, 1.807) is 0 Å². The van der Waals surface area contributed by atoms with Crippen molar-refractivity contribution in [2.24, 2.45) is 0 Å². The molecule has 1 saturated heterocycles. The SMILES string of the molecule is O=C(CN1CCOCC1=O)OCc1ccccc1. The Morgan fingerprint density at radius 1 is 1.33 bits per heavy atom. The third kappa shape index (κ3) is 3.56. The average Bonchev–Trinajstić information content (AvgIpc) is 2.40. The highest BCUT2D eigenvalue weighted by Gasteiger charge is 2.21. The molecule has 1 aliphatic rings. The van der Waals surface area contributed by atoms with Crippen LogP contribution in [0, 0.1) is 0 Å². The van der Waals surface area contributed by atoms with E-state index in [0.717, 1.165) is 5.56 Å². The number of hydrogen-bond acceptors (Lipinski definition) is 4. The van der Waals surface area contributed by atoms with Crippen molar-refractivity contribution < 1.29 is 19.1 Å². The first-order chi connectivity index (χ1) is 8.75. The van der Waals surface area contributed by atoms with Crippen molar-refractivity contribution in [3.63, 3.8) is 0 Å². The minimum atomic E-state index is -0.394. The monoisotopic (exact) mass is 249 g/mol. The highest BCUT2D eigenvalue weighted by atomic mass is 16.5. The molecule has 0 unspecified atom stereocenters. The second-order valence-corrected chi connectivity index (χ2v) is 4.01. The van der Waals surface area contributed by atoms with Crippen LogP contribution < -0.4 is 0 Å². The van der Waals surface area contributed by atoms with E-state index < -0.39 is 5.97 Å². The summed E-state index contributed by atoms with van der Waals surface area (Å²) < 4.78 is 10.1. The van der Waals surface area contributed by atoms with E-state index in [4.69, 9.17) is 9.47 Å². The van der Waals surface area contributed by atoms with E-state index in [0.29, 0.717) is 13.2 Å². The minimum Gasteiger partial charge on any atom is -0.459 e. The van der Waals surface area contributed by atoms with Crippen LogP contribution in [0.3, 0.4) is 0 Å². The summed E-state index contributed by atoms with van der Waals surface area (Å²) in [6.45, 7) is 1.19.